The molecule has 4 heteroatoms. The van der Waals surface area contributed by atoms with Crippen LogP contribution in [-0.4, -0.2) is 15.7 Å². The van der Waals surface area contributed by atoms with Gasteiger partial charge in [-0.15, -0.1) is 0 Å². The van der Waals surface area contributed by atoms with E-state index in [1.165, 1.54) is 5.56 Å². The minimum atomic E-state index is 0.459. The third kappa shape index (κ3) is 3.90. The second-order valence-electron chi connectivity index (χ2n) is 4.72. The number of nitrogens with one attached hydrogen (secondary N) is 1. The van der Waals surface area contributed by atoms with Crippen molar-refractivity contribution in [1.82, 2.24) is 9.97 Å². The molecule has 106 valence electrons. The number of aryl methyl sites for hydroxylation is 2. The van der Waals surface area contributed by atoms with Gasteiger partial charge in [0.25, 0.3) is 0 Å². The first kappa shape index (κ1) is 14.7. The summed E-state index contributed by atoms with van der Waals surface area (Å²) in [6, 6.07) is 9.96. The van der Waals surface area contributed by atoms with E-state index in [-0.39, 0.29) is 0 Å². The number of hydrazone groups is 1. The Hall–Kier alpha value is -2.67. The second-order valence-corrected chi connectivity index (χ2v) is 4.72. The maximum atomic E-state index is 4.36. The summed E-state index contributed by atoms with van der Waals surface area (Å²) in [5.41, 5.74) is 7.63. The van der Waals surface area contributed by atoms with Gasteiger partial charge in [0.15, 0.2) is 0 Å². The standard InChI is InChI=1S/C17H18N4/c1-5-8-15-11-13(3)18-17(19-15)21-20-14(4)16-10-7-6-9-12(16)2/h6-7,9-11H,1-4H3,(H,18,19,21). The van der Waals surface area contributed by atoms with Crippen molar-refractivity contribution in [2.24, 2.45) is 5.10 Å². The first-order valence-corrected chi connectivity index (χ1v) is 6.75. The molecule has 1 aromatic carbocycles. The van der Waals surface area contributed by atoms with E-state index in [0.29, 0.717) is 11.6 Å². The molecule has 0 spiro atoms. The summed E-state index contributed by atoms with van der Waals surface area (Å²) < 4.78 is 0. The first-order chi connectivity index (χ1) is 10.1. The Kier molecular flexibility index (Phi) is 4.68. The highest BCUT2D eigenvalue weighted by Crippen LogP contribution is 2.09. The first-order valence-electron chi connectivity index (χ1n) is 6.75. The predicted molar refractivity (Wildman–Crippen MR) is 86.3 cm³/mol. The minimum absolute atomic E-state index is 0.459. The number of aromatic nitrogens is 2. The van der Waals surface area contributed by atoms with Crippen molar-refractivity contribution >= 4 is 11.7 Å². The van der Waals surface area contributed by atoms with Gasteiger partial charge >= 0.3 is 0 Å². The lowest BCUT2D eigenvalue weighted by Crippen LogP contribution is -2.05. The van der Waals surface area contributed by atoms with Gasteiger partial charge in [-0.3, -0.25) is 0 Å². The molecule has 0 aliphatic heterocycles. The molecule has 0 saturated heterocycles. The monoisotopic (exact) mass is 278 g/mol. The highest BCUT2D eigenvalue weighted by molar-refractivity contribution is 6.00. The Morgan fingerprint density at radius 3 is 2.67 bits per heavy atom. The third-order valence-electron chi connectivity index (χ3n) is 2.97. The van der Waals surface area contributed by atoms with Gasteiger partial charge in [-0.05, 0) is 45.2 Å². The number of hydrogen-bond acceptors (Lipinski definition) is 4. The fraction of sp³-hybridized carbons (Fsp3) is 0.235. The Morgan fingerprint density at radius 2 is 1.95 bits per heavy atom. The summed E-state index contributed by atoms with van der Waals surface area (Å²) in [4.78, 5) is 8.62. The van der Waals surface area contributed by atoms with Crippen LogP contribution in [-0.2, 0) is 0 Å². The minimum Gasteiger partial charge on any atom is -0.245 e. The second kappa shape index (κ2) is 6.67. The lowest BCUT2D eigenvalue weighted by molar-refractivity contribution is 1.06. The molecule has 0 radical (unpaired) electrons. The van der Waals surface area contributed by atoms with Crippen molar-refractivity contribution in [3.8, 4) is 11.8 Å². The van der Waals surface area contributed by atoms with Gasteiger partial charge in [-0.1, -0.05) is 30.2 Å². The summed E-state index contributed by atoms with van der Waals surface area (Å²) in [6.45, 7) is 7.71. The van der Waals surface area contributed by atoms with Crippen molar-refractivity contribution in [1.29, 1.82) is 0 Å². The average molecular weight is 278 g/mol. The molecule has 0 bridgehead atoms. The molecule has 0 unspecified atom stereocenters. The molecule has 2 aromatic rings. The zero-order chi connectivity index (χ0) is 15.2. The maximum absolute atomic E-state index is 4.36. The van der Waals surface area contributed by atoms with Gasteiger partial charge in [-0.25, -0.2) is 15.4 Å². The molecule has 0 atom stereocenters. The summed E-state index contributed by atoms with van der Waals surface area (Å²) >= 11 is 0. The van der Waals surface area contributed by atoms with Crippen molar-refractivity contribution in [3.63, 3.8) is 0 Å². The summed E-state index contributed by atoms with van der Waals surface area (Å²) in [5.74, 6) is 6.22. The summed E-state index contributed by atoms with van der Waals surface area (Å²) in [7, 11) is 0. The zero-order valence-corrected chi connectivity index (χ0v) is 12.7. The quantitative estimate of drug-likeness (QED) is 0.532. The molecule has 0 aliphatic rings. The van der Waals surface area contributed by atoms with E-state index in [9.17, 15) is 0 Å². The van der Waals surface area contributed by atoms with Gasteiger partial charge in [0.2, 0.25) is 5.95 Å². The van der Waals surface area contributed by atoms with Crippen LogP contribution in [0.2, 0.25) is 0 Å². The van der Waals surface area contributed by atoms with Crippen LogP contribution in [0, 0.1) is 25.7 Å². The molecule has 0 amide bonds. The molecule has 4 nitrogen and oxygen atoms in total. The summed E-state index contributed by atoms with van der Waals surface area (Å²) in [6.07, 6.45) is 0. The van der Waals surface area contributed by atoms with Crippen LogP contribution in [0.3, 0.4) is 0 Å². The Morgan fingerprint density at radius 1 is 1.19 bits per heavy atom. The molecule has 1 N–H and O–H groups in total. The Labute approximate surface area is 125 Å². The van der Waals surface area contributed by atoms with E-state index in [2.05, 4.69) is 45.3 Å². The average Bonchev–Trinajstić information content (AvgIpc) is 2.45. The molecule has 0 fully saturated rings. The highest BCUT2D eigenvalue weighted by Gasteiger charge is 2.02. The Balaban J connectivity index is 2.24. The van der Waals surface area contributed by atoms with E-state index < -0.39 is 0 Å². The molecule has 2 rings (SSSR count). The fourth-order valence-electron chi connectivity index (χ4n) is 1.98. The van der Waals surface area contributed by atoms with Crippen LogP contribution in [0.15, 0.2) is 35.4 Å². The SMILES string of the molecule is CC#Cc1cc(C)nc(NN=C(C)c2ccccc2C)n1. The number of anilines is 1. The van der Waals surface area contributed by atoms with Gasteiger partial charge in [0, 0.05) is 11.3 Å². The van der Waals surface area contributed by atoms with E-state index in [1.54, 1.807) is 6.92 Å². The maximum Gasteiger partial charge on any atom is 0.244 e. The molecule has 1 heterocycles. The highest BCUT2D eigenvalue weighted by atomic mass is 15.4. The molecule has 0 saturated carbocycles. The normalized spacial score (nSPS) is 10.8. The van der Waals surface area contributed by atoms with E-state index in [1.807, 2.05) is 38.1 Å². The lowest BCUT2D eigenvalue weighted by Gasteiger charge is -2.06. The van der Waals surface area contributed by atoms with Gasteiger partial charge in [0.05, 0.1) is 5.71 Å². The largest absolute Gasteiger partial charge is 0.245 e. The lowest BCUT2D eigenvalue weighted by atomic mass is 10.1. The number of benzene rings is 1. The van der Waals surface area contributed by atoms with Gasteiger partial charge in [-0.2, -0.15) is 5.10 Å². The number of rotatable bonds is 3. The summed E-state index contributed by atoms with van der Waals surface area (Å²) in [5, 5.41) is 4.36. The topological polar surface area (TPSA) is 50.2 Å². The van der Waals surface area contributed by atoms with Crippen molar-refractivity contribution in [3.05, 3.63) is 52.8 Å². The van der Waals surface area contributed by atoms with Crippen LogP contribution in [0.25, 0.3) is 0 Å². The van der Waals surface area contributed by atoms with Crippen LogP contribution < -0.4 is 5.43 Å². The molecule has 0 aliphatic carbocycles. The molecule has 21 heavy (non-hydrogen) atoms. The van der Waals surface area contributed by atoms with Crippen molar-refractivity contribution < 1.29 is 0 Å². The number of hydrogen-bond donors (Lipinski definition) is 1. The molecular formula is C17H18N4. The third-order valence-corrected chi connectivity index (χ3v) is 2.97. The Bertz CT molecular complexity index is 736. The smallest absolute Gasteiger partial charge is 0.244 e. The van der Waals surface area contributed by atoms with Gasteiger partial charge in [0.1, 0.15) is 5.69 Å². The van der Waals surface area contributed by atoms with Gasteiger partial charge < -0.3 is 0 Å². The van der Waals surface area contributed by atoms with Crippen LogP contribution >= 0.6 is 0 Å². The van der Waals surface area contributed by atoms with Crippen molar-refractivity contribution in [2.45, 2.75) is 27.7 Å². The van der Waals surface area contributed by atoms with E-state index in [4.69, 9.17) is 0 Å². The van der Waals surface area contributed by atoms with E-state index in [0.717, 1.165) is 17.0 Å². The molecule has 1 aromatic heterocycles. The van der Waals surface area contributed by atoms with Crippen LogP contribution in [0.1, 0.15) is 36.4 Å². The van der Waals surface area contributed by atoms with Crippen LogP contribution in [0.4, 0.5) is 5.95 Å². The molecular weight excluding hydrogens is 260 g/mol. The van der Waals surface area contributed by atoms with E-state index >= 15 is 0 Å². The zero-order valence-electron chi connectivity index (χ0n) is 12.7. The number of nitrogens with zero attached hydrogens (tertiary/aromatic N) is 3. The predicted octanol–water partition coefficient (Wildman–Crippen LogP) is 3.30. The van der Waals surface area contributed by atoms with Crippen LogP contribution in [0.5, 0.6) is 0 Å². The van der Waals surface area contributed by atoms with Crippen molar-refractivity contribution in [2.75, 3.05) is 5.43 Å². The fourth-order valence-corrected chi connectivity index (χ4v) is 1.98.